The summed E-state index contributed by atoms with van der Waals surface area (Å²) >= 11 is 11.6. The maximum atomic E-state index is 10.9. The van der Waals surface area contributed by atoms with E-state index in [2.05, 4.69) is 5.32 Å². The summed E-state index contributed by atoms with van der Waals surface area (Å²) in [5, 5.41) is 3.37. The number of hydrogen-bond donors (Lipinski definition) is 1. The predicted octanol–water partition coefficient (Wildman–Crippen LogP) is 2.32. The van der Waals surface area contributed by atoms with Gasteiger partial charge in [-0.25, -0.2) is 0 Å². The Labute approximate surface area is 84.6 Å². The van der Waals surface area contributed by atoms with Crippen molar-refractivity contribution < 1.29 is 9.53 Å². The Kier molecular flexibility index (Phi) is 2.06. The van der Waals surface area contributed by atoms with Crippen LogP contribution in [-0.4, -0.2) is 12.5 Å². The Morgan fingerprint density at radius 1 is 1.38 bits per heavy atom. The van der Waals surface area contributed by atoms with Crippen LogP contribution >= 0.6 is 23.2 Å². The van der Waals surface area contributed by atoms with E-state index in [0.29, 0.717) is 21.5 Å². The highest BCUT2D eigenvalue weighted by atomic mass is 35.5. The lowest BCUT2D eigenvalue weighted by Gasteiger charge is -2.18. The van der Waals surface area contributed by atoms with E-state index in [9.17, 15) is 4.79 Å². The smallest absolute Gasteiger partial charge is 0.262 e. The zero-order valence-corrected chi connectivity index (χ0v) is 7.95. The van der Waals surface area contributed by atoms with Crippen molar-refractivity contribution >= 4 is 34.8 Å². The first-order chi connectivity index (χ1) is 6.18. The van der Waals surface area contributed by atoms with Crippen LogP contribution in [0.2, 0.25) is 10.0 Å². The molecule has 0 bridgehead atoms. The summed E-state index contributed by atoms with van der Waals surface area (Å²) in [6, 6.07) is 3.26. The van der Waals surface area contributed by atoms with Gasteiger partial charge in [0.1, 0.15) is 5.02 Å². The van der Waals surface area contributed by atoms with Gasteiger partial charge >= 0.3 is 0 Å². The number of hydrogen-bond acceptors (Lipinski definition) is 2. The number of amides is 1. The number of anilines is 1. The summed E-state index contributed by atoms with van der Waals surface area (Å²) in [7, 11) is 0. The van der Waals surface area contributed by atoms with Crippen molar-refractivity contribution in [2.45, 2.75) is 0 Å². The summed E-state index contributed by atoms with van der Waals surface area (Å²) in [6.45, 7) is -0.0208. The van der Waals surface area contributed by atoms with Crippen LogP contribution in [0.4, 0.5) is 5.69 Å². The van der Waals surface area contributed by atoms with E-state index in [1.807, 2.05) is 0 Å². The molecule has 0 saturated carbocycles. The van der Waals surface area contributed by atoms with Crippen LogP contribution in [0, 0.1) is 0 Å². The fourth-order valence-electron chi connectivity index (χ4n) is 1.10. The SMILES string of the molecule is O=C1COc2c(ccc(Cl)c2Cl)N1. The second kappa shape index (κ2) is 3.09. The quantitative estimate of drug-likeness (QED) is 0.725. The zero-order valence-electron chi connectivity index (χ0n) is 6.43. The summed E-state index contributed by atoms with van der Waals surface area (Å²) in [5.74, 6) is 0.250. The number of nitrogens with one attached hydrogen (secondary N) is 1. The van der Waals surface area contributed by atoms with Gasteiger partial charge in [0, 0.05) is 0 Å². The lowest BCUT2D eigenvalue weighted by Crippen LogP contribution is -2.25. The minimum Gasteiger partial charge on any atom is -0.480 e. The van der Waals surface area contributed by atoms with Gasteiger partial charge in [-0.05, 0) is 12.1 Å². The van der Waals surface area contributed by atoms with E-state index in [-0.39, 0.29) is 12.5 Å². The van der Waals surface area contributed by atoms with Gasteiger partial charge < -0.3 is 10.1 Å². The number of carbonyl (C=O) groups excluding carboxylic acids is 1. The third kappa shape index (κ3) is 1.45. The number of carbonyl (C=O) groups is 1. The van der Waals surface area contributed by atoms with Crippen molar-refractivity contribution in [3.05, 3.63) is 22.2 Å². The average Bonchev–Trinajstić information content (AvgIpc) is 2.12. The molecule has 0 aromatic heterocycles. The van der Waals surface area contributed by atoms with E-state index >= 15 is 0 Å². The van der Waals surface area contributed by atoms with E-state index in [4.69, 9.17) is 27.9 Å². The molecule has 1 heterocycles. The first-order valence-corrected chi connectivity index (χ1v) is 4.35. The standard InChI is InChI=1S/C8H5Cl2NO2/c9-4-1-2-5-8(7(4)10)13-3-6(12)11-5/h1-2H,3H2,(H,11,12). The molecule has 0 fully saturated rings. The van der Waals surface area contributed by atoms with Crippen LogP contribution in [0.25, 0.3) is 0 Å². The van der Waals surface area contributed by atoms with Gasteiger partial charge in [0.05, 0.1) is 10.7 Å². The average molecular weight is 218 g/mol. The monoisotopic (exact) mass is 217 g/mol. The van der Waals surface area contributed by atoms with Crippen LogP contribution in [0.3, 0.4) is 0 Å². The van der Waals surface area contributed by atoms with Gasteiger partial charge in [-0.2, -0.15) is 0 Å². The first kappa shape index (κ1) is 8.66. The molecule has 0 unspecified atom stereocenters. The van der Waals surface area contributed by atoms with Crippen molar-refractivity contribution in [1.82, 2.24) is 0 Å². The molecule has 1 aliphatic rings. The van der Waals surface area contributed by atoms with Crippen LogP contribution in [0.1, 0.15) is 0 Å². The van der Waals surface area contributed by atoms with Gasteiger partial charge in [0.15, 0.2) is 12.4 Å². The van der Waals surface area contributed by atoms with E-state index in [1.54, 1.807) is 12.1 Å². The Morgan fingerprint density at radius 2 is 2.15 bits per heavy atom. The third-order valence-corrected chi connectivity index (χ3v) is 2.46. The molecule has 13 heavy (non-hydrogen) atoms. The van der Waals surface area contributed by atoms with Gasteiger partial charge in [-0.15, -0.1) is 0 Å². The van der Waals surface area contributed by atoms with E-state index in [1.165, 1.54) is 0 Å². The maximum Gasteiger partial charge on any atom is 0.262 e. The number of ether oxygens (including phenoxy) is 1. The van der Waals surface area contributed by atoms with Crippen LogP contribution in [0.5, 0.6) is 5.75 Å². The molecule has 0 radical (unpaired) electrons. The fourth-order valence-corrected chi connectivity index (χ4v) is 1.46. The summed E-state index contributed by atoms with van der Waals surface area (Å²) in [6.07, 6.45) is 0. The lowest BCUT2D eigenvalue weighted by atomic mass is 10.2. The second-order valence-corrected chi connectivity index (χ2v) is 3.36. The first-order valence-electron chi connectivity index (χ1n) is 3.59. The van der Waals surface area contributed by atoms with Crippen molar-refractivity contribution in [3.63, 3.8) is 0 Å². The molecular weight excluding hydrogens is 213 g/mol. The van der Waals surface area contributed by atoms with Crippen LogP contribution < -0.4 is 10.1 Å². The van der Waals surface area contributed by atoms with E-state index < -0.39 is 0 Å². The Balaban J connectivity index is 2.53. The highest BCUT2D eigenvalue weighted by molar-refractivity contribution is 6.43. The molecule has 1 aromatic rings. The molecule has 0 aliphatic carbocycles. The number of rotatable bonds is 0. The minimum absolute atomic E-state index is 0.0208. The highest BCUT2D eigenvalue weighted by Gasteiger charge is 2.19. The number of halogens is 2. The van der Waals surface area contributed by atoms with Crippen LogP contribution in [-0.2, 0) is 4.79 Å². The van der Waals surface area contributed by atoms with Crippen molar-refractivity contribution in [2.75, 3.05) is 11.9 Å². The Morgan fingerprint density at radius 3 is 2.92 bits per heavy atom. The largest absolute Gasteiger partial charge is 0.480 e. The molecule has 5 heteroatoms. The highest BCUT2D eigenvalue weighted by Crippen LogP contribution is 2.39. The van der Waals surface area contributed by atoms with Crippen LogP contribution in [0.15, 0.2) is 12.1 Å². The van der Waals surface area contributed by atoms with Crippen molar-refractivity contribution in [3.8, 4) is 5.75 Å². The minimum atomic E-state index is -0.189. The maximum absolute atomic E-state index is 10.9. The Bertz CT molecular complexity index is 379. The molecule has 68 valence electrons. The summed E-state index contributed by atoms with van der Waals surface area (Å²) in [4.78, 5) is 10.9. The predicted molar refractivity (Wildman–Crippen MR) is 50.6 cm³/mol. The van der Waals surface area contributed by atoms with Gasteiger partial charge in [-0.3, -0.25) is 4.79 Å². The molecule has 1 aliphatic heterocycles. The number of benzene rings is 1. The molecular formula is C8H5Cl2NO2. The molecule has 1 amide bonds. The summed E-state index contributed by atoms with van der Waals surface area (Å²) < 4.78 is 5.12. The second-order valence-electron chi connectivity index (χ2n) is 2.57. The van der Waals surface area contributed by atoms with E-state index in [0.717, 1.165) is 0 Å². The fraction of sp³-hybridized carbons (Fsp3) is 0.125. The normalized spacial score (nSPS) is 14.5. The van der Waals surface area contributed by atoms with Crippen molar-refractivity contribution in [1.29, 1.82) is 0 Å². The van der Waals surface area contributed by atoms with Gasteiger partial charge in [0.2, 0.25) is 0 Å². The molecule has 2 rings (SSSR count). The topological polar surface area (TPSA) is 38.3 Å². The molecule has 0 atom stereocenters. The van der Waals surface area contributed by atoms with Gasteiger partial charge in [0.25, 0.3) is 5.91 Å². The van der Waals surface area contributed by atoms with Crippen molar-refractivity contribution in [2.24, 2.45) is 0 Å². The molecule has 0 spiro atoms. The third-order valence-electron chi connectivity index (χ3n) is 1.67. The number of fused-ring (bicyclic) bond motifs is 1. The summed E-state index contributed by atoms with van der Waals surface area (Å²) in [5.41, 5.74) is 0.561. The zero-order chi connectivity index (χ0) is 9.42. The molecule has 0 saturated heterocycles. The molecule has 1 aromatic carbocycles. The van der Waals surface area contributed by atoms with Gasteiger partial charge in [-0.1, -0.05) is 23.2 Å². The molecule has 1 N–H and O–H groups in total. The Hall–Kier alpha value is -0.930. The molecule has 3 nitrogen and oxygen atoms in total. The lowest BCUT2D eigenvalue weighted by molar-refractivity contribution is -0.118.